The number of nitrogens with one attached hydrogen (secondary N) is 1. The van der Waals surface area contributed by atoms with Gasteiger partial charge in [-0.1, -0.05) is 49.6 Å². The van der Waals surface area contributed by atoms with Crippen LogP contribution in [-0.4, -0.2) is 18.3 Å². The smallest absolute Gasteiger partial charge is 0.429 e. The standard InChI is InChI=1S/C15H19NO4/c17-14(16-13-9-5-2-6-10-13)20-15(18)19-11-12-7-3-1-4-8-12/h1,3-4,7-8,13H,2,5-6,9-11H2,(H,16,17). The maximum atomic E-state index is 11.5. The molecule has 0 aliphatic heterocycles. The summed E-state index contributed by atoms with van der Waals surface area (Å²) in [6.07, 6.45) is 3.58. The van der Waals surface area contributed by atoms with Crippen LogP contribution in [0.1, 0.15) is 37.7 Å². The van der Waals surface area contributed by atoms with E-state index in [1.165, 1.54) is 6.42 Å². The van der Waals surface area contributed by atoms with Gasteiger partial charge in [-0.3, -0.25) is 0 Å². The van der Waals surface area contributed by atoms with Gasteiger partial charge in [0.05, 0.1) is 0 Å². The summed E-state index contributed by atoms with van der Waals surface area (Å²) in [4.78, 5) is 22.9. The number of carbonyl (C=O) groups excluding carboxylic acids is 2. The number of carbonyl (C=O) groups is 2. The number of rotatable bonds is 3. The van der Waals surface area contributed by atoms with Gasteiger partial charge in [0, 0.05) is 6.04 Å². The van der Waals surface area contributed by atoms with E-state index in [2.05, 4.69) is 10.1 Å². The zero-order valence-corrected chi connectivity index (χ0v) is 11.3. The molecule has 0 saturated heterocycles. The van der Waals surface area contributed by atoms with Crippen molar-refractivity contribution in [2.45, 2.75) is 44.8 Å². The van der Waals surface area contributed by atoms with E-state index in [4.69, 9.17) is 4.74 Å². The number of benzene rings is 1. The lowest BCUT2D eigenvalue weighted by Gasteiger charge is -2.21. The first kappa shape index (κ1) is 14.4. The average Bonchev–Trinajstić information content (AvgIpc) is 2.47. The molecule has 0 bridgehead atoms. The van der Waals surface area contributed by atoms with Crippen LogP contribution in [0.5, 0.6) is 0 Å². The summed E-state index contributed by atoms with van der Waals surface area (Å²) < 4.78 is 9.43. The minimum absolute atomic E-state index is 0.0936. The topological polar surface area (TPSA) is 64.6 Å². The van der Waals surface area contributed by atoms with E-state index in [9.17, 15) is 9.59 Å². The van der Waals surface area contributed by atoms with Crippen LogP contribution in [0.2, 0.25) is 0 Å². The highest BCUT2D eigenvalue weighted by Crippen LogP contribution is 2.17. The van der Waals surface area contributed by atoms with E-state index < -0.39 is 12.2 Å². The first-order valence-corrected chi connectivity index (χ1v) is 6.93. The molecule has 0 spiro atoms. The van der Waals surface area contributed by atoms with Crippen LogP contribution in [-0.2, 0) is 16.1 Å². The Bertz CT molecular complexity index is 440. The average molecular weight is 277 g/mol. The Balaban J connectivity index is 1.67. The van der Waals surface area contributed by atoms with E-state index in [1.54, 1.807) is 0 Å². The zero-order valence-electron chi connectivity index (χ0n) is 11.3. The maximum Gasteiger partial charge on any atom is 0.517 e. The van der Waals surface area contributed by atoms with Crippen LogP contribution in [0.3, 0.4) is 0 Å². The molecule has 5 nitrogen and oxygen atoms in total. The third-order valence-corrected chi connectivity index (χ3v) is 3.30. The molecule has 1 saturated carbocycles. The molecule has 20 heavy (non-hydrogen) atoms. The van der Waals surface area contributed by atoms with Gasteiger partial charge in [0.1, 0.15) is 6.61 Å². The molecule has 1 aromatic carbocycles. The monoisotopic (exact) mass is 277 g/mol. The van der Waals surface area contributed by atoms with E-state index >= 15 is 0 Å². The molecule has 2 rings (SSSR count). The van der Waals surface area contributed by atoms with Crippen molar-refractivity contribution < 1.29 is 19.1 Å². The molecule has 1 aliphatic rings. The lowest BCUT2D eigenvalue weighted by molar-refractivity contribution is 0.0682. The second-order valence-corrected chi connectivity index (χ2v) is 4.89. The third-order valence-electron chi connectivity index (χ3n) is 3.30. The van der Waals surface area contributed by atoms with Crippen molar-refractivity contribution in [2.24, 2.45) is 0 Å². The first-order valence-electron chi connectivity index (χ1n) is 6.93. The predicted octanol–water partition coefficient (Wildman–Crippen LogP) is 3.38. The van der Waals surface area contributed by atoms with Crippen LogP contribution in [0, 0.1) is 0 Å². The summed E-state index contributed by atoms with van der Waals surface area (Å²) in [6, 6.07) is 9.34. The molecule has 0 radical (unpaired) electrons. The summed E-state index contributed by atoms with van der Waals surface area (Å²) in [5, 5.41) is 2.69. The van der Waals surface area contributed by atoms with Crippen LogP contribution >= 0.6 is 0 Å². The quantitative estimate of drug-likeness (QED) is 0.679. The number of hydrogen-bond acceptors (Lipinski definition) is 4. The lowest BCUT2D eigenvalue weighted by atomic mass is 9.96. The SMILES string of the molecule is O=C(NC1CCCCC1)OC(=O)OCc1ccccc1. The highest BCUT2D eigenvalue weighted by atomic mass is 16.7. The molecule has 0 heterocycles. The number of ether oxygens (including phenoxy) is 2. The van der Waals surface area contributed by atoms with Gasteiger partial charge in [-0.15, -0.1) is 0 Å². The van der Waals surface area contributed by atoms with Crippen molar-refractivity contribution in [1.29, 1.82) is 0 Å². The third kappa shape index (κ3) is 4.91. The van der Waals surface area contributed by atoms with Gasteiger partial charge < -0.3 is 14.8 Å². The Hall–Kier alpha value is -2.04. The Labute approximate surface area is 118 Å². The molecule has 0 aromatic heterocycles. The van der Waals surface area contributed by atoms with Crippen molar-refractivity contribution in [2.75, 3.05) is 0 Å². The van der Waals surface area contributed by atoms with Gasteiger partial charge in [0.25, 0.3) is 0 Å². The van der Waals surface area contributed by atoms with Gasteiger partial charge in [-0.25, -0.2) is 9.59 Å². The van der Waals surface area contributed by atoms with E-state index in [0.29, 0.717) is 0 Å². The van der Waals surface area contributed by atoms with Gasteiger partial charge >= 0.3 is 12.2 Å². The number of amides is 1. The molecule has 0 atom stereocenters. The van der Waals surface area contributed by atoms with Crippen LogP contribution in [0.25, 0.3) is 0 Å². The second kappa shape index (κ2) is 7.53. The fraction of sp³-hybridized carbons (Fsp3) is 0.467. The van der Waals surface area contributed by atoms with Crippen LogP contribution in [0.15, 0.2) is 30.3 Å². The Morgan fingerprint density at radius 3 is 2.50 bits per heavy atom. The highest BCUT2D eigenvalue weighted by Gasteiger charge is 2.18. The van der Waals surface area contributed by atoms with Gasteiger partial charge in [0.2, 0.25) is 0 Å². The fourth-order valence-corrected chi connectivity index (χ4v) is 2.26. The van der Waals surface area contributed by atoms with Crippen LogP contribution < -0.4 is 5.32 Å². The molecular formula is C15H19NO4. The maximum absolute atomic E-state index is 11.5. The van der Waals surface area contributed by atoms with Crippen molar-refractivity contribution >= 4 is 12.2 Å². The first-order chi connectivity index (χ1) is 9.74. The molecular weight excluding hydrogens is 258 g/mol. The molecule has 1 aliphatic carbocycles. The van der Waals surface area contributed by atoms with Crippen molar-refractivity contribution in [3.8, 4) is 0 Å². The predicted molar refractivity (Wildman–Crippen MR) is 73.1 cm³/mol. The minimum atomic E-state index is -0.970. The van der Waals surface area contributed by atoms with Gasteiger partial charge in [-0.2, -0.15) is 0 Å². The zero-order chi connectivity index (χ0) is 14.2. The normalized spacial score (nSPS) is 15.4. The fourth-order valence-electron chi connectivity index (χ4n) is 2.26. The number of alkyl carbamates (subject to hydrolysis) is 1. The second-order valence-electron chi connectivity index (χ2n) is 4.89. The van der Waals surface area contributed by atoms with Crippen LogP contribution in [0.4, 0.5) is 9.59 Å². The lowest BCUT2D eigenvalue weighted by Crippen LogP contribution is -2.37. The van der Waals surface area contributed by atoms with Gasteiger partial charge in [-0.05, 0) is 18.4 Å². The Kier molecular flexibility index (Phi) is 5.41. The summed E-state index contributed by atoms with van der Waals surface area (Å²) in [6.45, 7) is 0.0936. The van der Waals surface area contributed by atoms with Crippen molar-refractivity contribution in [3.05, 3.63) is 35.9 Å². The summed E-state index contributed by atoms with van der Waals surface area (Å²) in [5.74, 6) is 0. The molecule has 108 valence electrons. The van der Waals surface area contributed by atoms with E-state index in [0.717, 1.165) is 31.2 Å². The molecule has 1 N–H and O–H groups in total. The summed E-state index contributed by atoms with van der Waals surface area (Å²) in [7, 11) is 0. The summed E-state index contributed by atoms with van der Waals surface area (Å²) >= 11 is 0. The Morgan fingerprint density at radius 1 is 1.10 bits per heavy atom. The molecule has 1 amide bonds. The molecule has 0 unspecified atom stereocenters. The van der Waals surface area contributed by atoms with Crippen molar-refractivity contribution in [1.82, 2.24) is 5.32 Å². The molecule has 5 heteroatoms. The van der Waals surface area contributed by atoms with E-state index in [-0.39, 0.29) is 12.6 Å². The largest absolute Gasteiger partial charge is 0.517 e. The van der Waals surface area contributed by atoms with Crippen molar-refractivity contribution in [3.63, 3.8) is 0 Å². The molecule has 1 fully saturated rings. The Morgan fingerprint density at radius 2 is 1.80 bits per heavy atom. The summed E-state index contributed by atoms with van der Waals surface area (Å²) in [5.41, 5.74) is 0.845. The highest BCUT2D eigenvalue weighted by molar-refractivity contribution is 5.80. The minimum Gasteiger partial charge on any atom is -0.429 e. The van der Waals surface area contributed by atoms with E-state index in [1.807, 2.05) is 30.3 Å². The van der Waals surface area contributed by atoms with Gasteiger partial charge in [0.15, 0.2) is 0 Å². The molecule has 1 aromatic rings. The number of hydrogen-bond donors (Lipinski definition) is 1.